The van der Waals surface area contributed by atoms with Crippen molar-refractivity contribution in [1.29, 1.82) is 0 Å². The Balaban J connectivity index is 0.00000220. The standard InChI is InChI=1S/C16H24N2O2.2ClH/c1-4-14(18-10-8-17-9-11-18)13-6-7-15(19-3)16(12-13)20-5-2;;/h4,6-7,12,14,17H,1,5,8-11H2,2-3H3;2*1H/t14-;;/m1../s1. The number of nitrogens with zero attached hydrogens (tertiary/aromatic N) is 1. The summed E-state index contributed by atoms with van der Waals surface area (Å²) >= 11 is 0. The number of rotatable bonds is 6. The largest absolute Gasteiger partial charge is 0.493 e. The van der Waals surface area contributed by atoms with Crippen molar-refractivity contribution in [3.05, 3.63) is 36.4 Å². The van der Waals surface area contributed by atoms with Gasteiger partial charge in [-0.1, -0.05) is 12.1 Å². The minimum atomic E-state index is 0. The Labute approximate surface area is 145 Å². The van der Waals surface area contributed by atoms with Gasteiger partial charge in [-0.05, 0) is 24.6 Å². The zero-order valence-electron chi connectivity index (χ0n) is 13.2. The number of nitrogens with one attached hydrogen (secondary N) is 1. The van der Waals surface area contributed by atoms with Crippen molar-refractivity contribution < 1.29 is 9.47 Å². The number of ether oxygens (including phenoxy) is 2. The molecule has 0 spiro atoms. The van der Waals surface area contributed by atoms with Gasteiger partial charge in [-0.3, -0.25) is 4.90 Å². The van der Waals surface area contributed by atoms with Crippen molar-refractivity contribution >= 4 is 24.8 Å². The first kappa shape index (κ1) is 21.1. The van der Waals surface area contributed by atoms with E-state index in [4.69, 9.17) is 9.47 Å². The summed E-state index contributed by atoms with van der Waals surface area (Å²) in [6.45, 7) is 10.7. The second kappa shape index (κ2) is 10.7. The van der Waals surface area contributed by atoms with Crippen LogP contribution in [0.2, 0.25) is 0 Å². The van der Waals surface area contributed by atoms with Gasteiger partial charge in [0.15, 0.2) is 11.5 Å². The molecular weight excluding hydrogens is 323 g/mol. The molecule has 0 aliphatic carbocycles. The Kier molecular flexibility index (Phi) is 10.3. The normalized spacial score (nSPS) is 15.9. The molecule has 1 heterocycles. The molecule has 1 aromatic rings. The van der Waals surface area contributed by atoms with Gasteiger partial charge in [-0.25, -0.2) is 0 Å². The first-order valence-electron chi connectivity index (χ1n) is 7.18. The molecule has 1 aliphatic heterocycles. The van der Waals surface area contributed by atoms with E-state index in [0.29, 0.717) is 6.61 Å². The lowest BCUT2D eigenvalue weighted by atomic mass is 10.0. The lowest BCUT2D eigenvalue weighted by Gasteiger charge is -2.33. The van der Waals surface area contributed by atoms with Crippen LogP contribution in [0.1, 0.15) is 18.5 Å². The molecule has 1 N–H and O–H groups in total. The van der Waals surface area contributed by atoms with Gasteiger partial charge in [-0.2, -0.15) is 0 Å². The van der Waals surface area contributed by atoms with Crippen LogP contribution in [-0.2, 0) is 0 Å². The van der Waals surface area contributed by atoms with Crippen molar-refractivity contribution in [1.82, 2.24) is 10.2 Å². The van der Waals surface area contributed by atoms with Gasteiger partial charge in [0.1, 0.15) is 0 Å². The number of piperazine rings is 1. The predicted molar refractivity (Wildman–Crippen MR) is 96.0 cm³/mol. The van der Waals surface area contributed by atoms with Crippen LogP contribution >= 0.6 is 24.8 Å². The first-order chi connectivity index (χ1) is 9.80. The van der Waals surface area contributed by atoms with Gasteiger partial charge in [0.05, 0.1) is 19.8 Å². The van der Waals surface area contributed by atoms with Crippen LogP contribution in [0.3, 0.4) is 0 Å². The summed E-state index contributed by atoms with van der Waals surface area (Å²) in [6.07, 6.45) is 2.00. The minimum Gasteiger partial charge on any atom is -0.493 e. The summed E-state index contributed by atoms with van der Waals surface area (Å²) in [4.78, 5) is 2.43. The van der Waals surface area contributed by atoms with E-state index in [-0.39, 0.29) is 30.9 Å². The first-order valence-corrected chi connectivity index (χ1v) is 7.18. The lowest BCUT2D eigenvalue weighted by Crippen LogP contribution is -2.44. The molecule has 126 valence electrons. The third kappa shape index (κ3) is 5.06. The second-order valence-electron chi connectivity index (χ2n) is 4.81. The van der Waals surface area contributed by atoms with Crippen LogP contribution in [0.5, 0.6) is 11.5 Å². The van der Waals surface area contributed by atoms with E-state index in [0.717, 1.165) is 37.7 Å². The van der Waals surface area contributed by atoms with Gasteiger partial charge in [-0.15, -0.1) is 31.4 Å². The Bertz CT molecular complexity index is 452. The minimum absolute atomic E-state index is 0. The highest BCUT2D eigenvalue weighted by Gasteiger charge is 2.20. The Hall–Kier alpha value is -0.940. The number of hydrogen-bond acceptors (Lipinski definition) is 4. The van der Waals surface area contributed by atoms with Crippen molar-refractivity contribution in [2.24, 2.45) is 0 Å². The number of halogens is 2. The molecule has 1 aliphatic rings. The molecule has 4 nitrogen and oxygen atoms in total. The van der Waals surface area contributed by atoms with Gasteiger partial charge >= 0.3 is 0 Å². The molecule has 0 bridgehead atoms. The van der Waals surface area contributed by atoms with E-state index in [1.165, 1.54) is 5.56 Å². The van der Waals surface area contributed by atoms with E-state index < -0.39 is 0 Å². The van der Waals surface area contributed by atoms with Crippen molar-refractivity contribution in [2.75, 3.05) is 39.9 Å². The summed E-state index contributed by atoms with van der Waals surface area (Å²) < 4.78 is 11.0. The Morgan fingerprint density at radius 2 is 1.95 bits per heavy atom. The monoisotopic (exact) mass is 348 g/mol. The fourth-order valence-electron chi connectivity index (χ4n) is 2.60. The second-order valence-corrected chi connectivity index (χ2v) is 4.81. The summed E-state index contributed by atoms with van der Waals surface area (Å²) in [5.41, 5.74) is 1.20. The van der Waals surface area contributed by atoms with Crippen LogP contribution in [0, 0.1) is 0 Å². The molecule has 2 rings (SSSR count). The third-order valence-electron chi connectivity index (χ3n) is 3.60. The van der Waals surface area contributed by atoms with E-state index in [9.17, 15) is 0 Å². The predicted octanol–water partition coefficient (Wildman–Crippen LogP) is 3.07. The fourth-order valence-corrected chi connectivity index (χ4v) is 2.60. The van der Waals surface area contributed by atoms with Crippen molar-refractivity contribution in [3.63, 3.8) is 0 Å². The van der Waals surface area contributed by atoms with Crippen LogP contribution in [0.4, 0.5) is 0 Å². The number of hydrogen-bond donors (Lipinski definition) is 1. The van der Waals surface area contributed by atoms with Gasteiger partial charge in [0.25, 0.3) is 0 Å². The third-order valence-corrected chi connectivity index (χ3v) is 3.60. The van der Waals surface area contributed by atoms with E-state index in [2.05, 4.69) is 28.9 Å². The van der Waals surface area contributed by atoms with Gasteiger partial charge in [0.2, 0.25) is 0 Å². The molecular formula is C16H26Cl2N2O2. The number of benzene rings is 1. The summed E-state index contributed by atoms with van der Waals surface area (Å²) in [5.74, 6) is 1.58. The summed E-state index contributed by atoms with van der Waals surface area (Å²) in [6, 6.07) is 6.35. The van der Waals surface area contributed by atoms with Crippen LogP contribution in [-0.4, -0.2) is 44.8 Å². The molecule has 22 heavy (non-hydrogen) atoms. The highest BCUT2D eigenvalue weighted by molar-refractivity contribution is 5.85. The molecule has 0 amide bonds. The lowest BCUT2D eigenvalue weighted by molar-refractivity contribution is 0.203. The maximum atomic E-state index is 5.66. The highest BCUT2D eigenvalue weighted by Crippen LogP contribution is 2.32. The maximum absolute atomic E-state index is 5.66. The van der Waals surface area contributed by atoms with E-state index in [1.54, 1.807) is 7.11 Å². The number of methoxy groups -OCH3 is 1. The Morgan fingerprint density at radius 3 is 2.50 bits per heavy atom. The Morgan fingerprint density at radius 1 is 1.27 bits per heavy atom. The van der Waals surface area contributed by atoms with E-state index in [1.807, 2.05) is 19.1 Å². The molecule has 1 fully saturated rings. The highest BCUT2D eigenvalue weighted by atomic mass is 35.5. The van der Waals surface area contributed by atoms with Gasteiger partial charge < -0.3 is 14.8 Å². The average molecular weight is 349 g/mol. The molecule has 0 unspecified atom stereocenters. The molecule has 1 saturated heterocycles. The zero-order valence-corrected chi connectivity index (χ0v) is 14.8. The van der Waals surface area contributed by atoms with Crippen LogP contribution < -0.4 is 14.8 Å². The van der Waals surface area contributed by atoms with Gasteiger partial charge in [0, 0.05) is 26.2 Å². The molecule has 6 heteroatoms. The van der Waals surface area contributed by atoms with Crippen molar-refractivity contribution in [2.45, 2.75) is 13.0 Å². The fraction of sp³-hybridized carbons (Fsp3) is 0.500. The molecule has 1 aromatic carbocycles. The molecule has 0 radical (unpaired) electrons. The van der Waals surface area contributed by atoms with E-state index >= 15 is 0 Å². The van der Waals surface area contributed by atoms with Crippen molar-refractivity contribution in [3.8, 4) is 11.5 Å². The average Bonchev–Trinajstić information content (AvgIpc) is 2.50. The summed E-state index contributed by atoms with van der Waals surface area (Å²) in [7, 11) is 1.67. The molecule has 0 saturated carbocycles. The van der Waals surface area contributed by atoms with Crippen LogP contribution in [0.25, 0.3) is 0 Å². The summed E-state index contributed by atoms with van der Waals surface area (Å²) in [5, 5.41) is 3.37. The van der Waals surface area contributed by atoms with Crippen LogP contribution in [0.15, 0.2) is 30.9 Å². The zero-order chi connectivity index (χ0) is 14.4. The smallest absolute Gasteiger partial charge is 0.161 e. The SMILES string of the molecule is C=C[C@H](c1ccc(OC)c(OCC)c1)N1CCNCC1.Cl.Cl. The maximum Gasteiger partial charge on any atom is 0.161 e. The quantitative estimate of drug-likeness (QED) is 0.801. The molecule has 0 aromatic heterocycles. The molecule has 1 atom stereocenters. The topological polar surface area (TPSA) is 33.7 Å².